The summed E-state index contributed by atoms with van der Waals surface area (Å²) in [6.45, 7) is 7.83. The molecule has 0 radical (unpaired) electrons. The highest BCUT2D eigenvalue weighted by molar-refractivity contribution is 5.83. The van der Waals surface area contributed by atoms with E-state index in [1.54, 1.807) is 0 Å². The average Bonchev–Trinajstić information content (AvgIpc) is 2.67. The molecule has 2 N–H and O–H groups in total. The lowest BCUT2D eigenvalue weighted by Gasteiger charge is -2.39. The molecular formula is C18H26N2O. The third-order valence-corrected chi connectivity index (χ3v) is 5.12. The number of likely N-dealkylation sites (tertiary alicyclic amines) is 1. The second-order valence-electron chi connectivity index (χ2n) is 8.07. The number of nitrogens with two attached hydrogens (primary N) is 1. The van der Waals surface area contributed by atoms with Gasteiger partial charge >= 0.3 is 0 Å². The first-order chi connectivity index (χ1) is 9.80. The van der Waals surface area contributed by atoms with Gasteiger partial charge in [-0.2, -0.15) is 0 Å². The minimum atomic E-state index is -0.530. The van der Waals surface area contributed by atoms with E-state index in [4.69, 9.17) is 5.73 Å². The molecule has 1 aromatic carbocycles. The van der Waals surface area contributed by atoms with Crippen molar-refractivity contribution in [2.45, 2.75) is 52.1 Å². The van der Waals surface area contributed by atoms with Crippen molar-refractivity contribution in [2.75, 3.05) is 6.54 Å². The Kier molecular flexibility index (Phi) is 3.36. The summed E-state index contributed by atoms with van der Waals surface area (Å²) in [4.78, 5) is 14.9. The van der Waals surface area contributed by atoms with Gasteiger partial charge in [0.25, 0.3) is 0 Å². The second-order valence-corrected chi connectivity index (χ2v) is 8.07. The smallest absolute Gasteiger partial charge is 0.244 e. The predicted octanol–water partition coefficient (Wildman–Crippen LogP) is 3.11. The molecule has 3 nitrogen and oxygen atoms in total. The fourth-order valence-corrected chi connectivity index (χ4v) is 4.70. The Labute approximate surface area is 127 Å². The van der Waals surface area contributed by atoms with Crippen molar-refractivity contribution in [1.82, 2.24) is 4.90 Å². The van der Waals surface area contributed by atoms with Gasteiger partial charge in [0.15, 0.2) is 0 Å². The minimum absolute atomic E-state index is 0.0904. The van der Waals surface area contributed by atoms with Crippen LogP contribution in [0.15, 0.2) is 30.3 Å². The quantitative estimate of drug-likeness (QED) is 0.908. The lowest BCUT2D eigenvalue weighted by molar-refractivity contribution is -0.133. The van der Waals surface area contributed by atoms with E-state index >= 15 is 0 Å². The van der Waals surface area contributed by atoms with Gasteiger partial charge in [-0.25, -0.2) is 0 Å². The first-order valence-electron chi connectivity index (χ1n) is 7.91. The van der Waals surface area contributed by atoms with Crippen LogP contribution in [0.3, 0.4) is 0 Å². The van der Waals surface area contributed by atoms with E-state index in [1.807, 2.05) is 30.3 Å². The summed E-state index contributed by atoms with van der Waals surface area (Å²) in [5.74, 6) is 0.0904. The van der Waals surface area contributed by atoms with Gasteiger partial charge in [-0.3, -0.25) is 4.79 Å². The van der Waals surface area contributed by atoms with E-state index in [0.717, 1.165) is 24.9 Å². The molecule has 2 unspecified atom stereocenters. The van der Waals surface area contributed by atoms with E-state index in [2.05, 4.69) is 25.7 Å². The number of nitrogens with zero attached hydrogens (tertiary/aromatic N) is 1. The van der Waals surface area contributed by atoms with E-state index < -0.39 is 6.04 Å². The summed E-state index contributed by atoms with van der Waals surface area (Å²) >= 11 is 0. The highest BCUT2D eigenvalue weighted by atomic mass is 16.2. The highest BCUT2D eigenvalue weighted by Crippen LogP contribution is 2.52. The number of amides is 1. The second kappa shape index (κ2) is 4.84. The van der Waals surface area contributed by atoms with Crippen LogP contribution in [-0.4, -0.2) is 23.4 Å². The minimum Gasteiger partial charge on any atom is -0.337 e. The molecule has 3 heteroatoms. The number of carbonyl (C=O) groups excluding carboxylic acids is 1. The van der Waals surface area contributed by atoms with Crippen LogP contribution in [0, 0.1) is 10.8 Å². The number of hydrogen-bond acceptors (Lipinski definition) is 2. The zero-order chi connectivity index (χ0) is 15.3. The van der Waals surface area contributed by atoms with Crippen LogP contribution in [0.1, 0.15) is 51.6 Å². The topological polar surface area (TPSA) is 46.3 Å². The van der Waals surface area contributed by atoms with Gasteiger partial charge < -0.3 is 10.6 Å². The fourth-order valence-electron chi connectivity index (χ4n) is 4.70. The van der Waals surface area contributed by atoms with E-state index in [1.165, 1.54) is 6.42 Å². The molecule has 2 fully saturated rings. The van der Waals surface area contributed by atoms with Gasteiger partial charge in [0, 0.05) is 12.6 Å². The Balaban J connectivity index is 1.80. The number of rotatable bonds is 2. The van der Waals surface area contributed by atoms with Gasteiger partial charge in [0.05, 0.1) is 0 Å². The van der Waals surface area contributed by atoms with E-state index in [0.29, 0.717) is 11.5 Å². The van der Waals surface area contributed by atoms with Gasteiger partial charge in [-0.05, 0) is 35.7 Å². The van der Waals surface area contributed by atoms with Crippen molar-refractivity contribution in [3.63, 3.8) is 0 Å². The lowest BCUT2D eigenvalue weighted by atomic mass is 9.65. The van der Waals surface area contributed by atoms with Crippen LogP contribution in [0.5, 0.6) is 0 Å². The largest absolute Gasteiger partial charge is 0.337 e. The summed E-state index contributed by atoms with van der Waals surface area (Å²) < 4.78 is 0. The molecule has 3 rings (SSSR count). The number of benzene rings is 1. The normalized spacial score (nSPS) is 32.0. The Morgan fingerprint density at radius 1 is 1.24 bits per heavy atom. The highest BCUT2D eigenvalue weighted by Gasteiger charge is 2.51. The SMILES string of the molecule is CC1(C)CC2CC(C)(CN2C(=O)[C@@H](N)c2ccccc2)C1. The van der Waals surface area contributed by atoms with Crippen LogP contribution >= 0.6 is 0 Å². The maximum Gasteiger partial charge on any atom is 0.244 e. The molecular weight excluding hydrogens is 260 g/mol. The standard InChI is InChI=1S/C18H26N2O/c1-17(2)9-14-10-18(3,11-17)12-20(14)16(21)15(19)13-7-5-4-6-8-13/h4-8,14-15H,9-12,19H2,1-3H3/t14?,15-,18?/m0/s1. The van der Waals surface area contributed by atoms with Crippen LogP contribution in [0.4, 0.5) is 0 Å². The number of fused-ring (bicyclic) bond motifs is 2. The molecule has 1 saturated carbocycles. The summed E-state index contributed by atoms with van der Waals surface area (Å²) in [5.41, 5.74) is 7.72. The first kappa shape index (κ1) is 14.6. The maximum atomic E-state index is 12.8. The molecule has 2 aliphatic rings. The molecule has 1 aliphatic carbocycles. The monoisotopic (exact) mass is 286 g/mol. The Bertz CT molecular complexity index is 539. The van der Waals surface area contributed by atoms with Gasteiger partial charge in [0.1, 0.15) is 6.04 Å². The summed E-state index contributed by atoms with van der Waals surface area (Å²) in [6, 6.07) is 9.54. The van der Waals surface area contributed by atoms with Crippen LogP contribution < -0.4 is 5.73 Å². The summed E-state index contributed by atoms with van der Waals surface area (Å²) in [7, 11) is 0. The van der Waals surface area contributed by atoms with Crippen LogP contribution in [0.25, 0.3) is 0 Å². The first-order valence-corrected chi connectivity index (χ1v) is 7.91. The Morgan fingerprint density at radius 3 is 2.57 bits per heavy atom. The van der Waals surface area contributed by atoms with E-state index in [9.17, 15) is 4.79 Å². The van der Waals surface area contributed by atoms with Crippen molar-refractivity contribution in [2.24, 2.45) is 16.6 Å². The Hall–Kier alpha value is -1.35. The third-order valence-electron chi connectivity index (χ3n) is 5.12. The molecule has 1 heterocycles. The molecule has 1 aliphatic heterocycles. The summed E-state index contributed by atoms with van der Waals surface area (Å²) in [5, 5.41) is 0. The molecule has 1 aromatic rings. The van der Waals surface area contributed by atoms with Gasteiger partial charge in [-0.1, -0.05) is 51.1 Å². The molecule has 114 valence electrons. The molecule has 1 saturated heterocycles. The third kappa shape index (κ3) is 2.71. The van der Waals surface area contributed by atoms with Crippen molar-refractivity contribution >= 4 is 5.91 Å². The van der Waals surface area contributed by atoms with Crippen molar-refractivity contribution in [3.8, 4) is 0 Å². The molecule has 2 bridgehead atoms. The van der Waals surface area contributed by atoms with Gasteiger partial charge in [-0.15, -0.1) is 0 Å². The molecule has 21 heavy (non-hydrogen) atoms. The zero-order valence-corrected chi connectivity index (χ0v) is 13.3. The lowest BCUT2D eigenvalue weighted by Crippen LogP contribution is -2.42. The molecule has 3 atom stereocenters. The fraction of sp³-hybridized carbons (Fsp3) is 0.611. The molecule has 1 amide bonds. The van der Waals surface area contributed by atoms with Crippen LogP contribution in [0.2, 0.25) is 0 Å². The Morgan fingerprint density at radius 2 is 1.90 bits per heavy atom. The number of carbonyl (C=O) groups is 1. The van der Waals surface area contributed by atoms with Gasteiger partial charge in [0.2, 0.25) is 5.91 Å². The van der Waals surface area contributed by atoms with Crippen molar-refractivity contribution < 1.29 is 4.79 Å². The molecule has 0 spiro atoms. The van der Waals surface area contributed by atoms with Crippen molar-refractivity contribution in [1.29, 1.82) is 0 Å². The van der Waals surface area contributed by atoms with Crippen molar-refractivity contribution in [3.05, 3.63) is 35.9 Å². The van der Waals surface area contributed by atoms with Crippen LogP contribution in [-0.2, 0) is 4.79 Å². The maximum absolute atomic E-state index is 12.8. The molecule has 0 aromatic heterocycles. The summed E-state index contributed by atoms with van der Waals surface area (Å²) in [6.07, 6.45) is 3.42. The van der Waals surface area contributed by atoms with E-state index in [-0.39, 0.29) is 11.3 Å². The zero-order valence-electron chi connectivity index (χ0n) is 13.3. The average molecular weight is 286 g/mol. The predicted molar refractivity (Wildman–Crippen MR) is 84.6 cm³/mol. The number of hydrogen-bond donors (Lipinski definition) is 1.